The lowest BCUT2D eigenvalue weighted by Crippen LogP contribution is -2.25. The predicted octanol–water partition coefficient (Wildman–Crippen LogP) is 1.86. The van der Waals surface area contributed by atoms with Crippen molar-refractivity contribution in [2.75, 3.05) is 0 Å². The van der Waals surface area contributed by atoms with Gasteiger partial charge in [0.25, 0.3) is 0 Å². The van der Waals surface area contributed by atoms with Crippen LogP contribution in [0.5, 0.6) is 5.75 Å². The van der Waals surface area contributed by atoms with Crippen LogP contribution in [0, 0.1) is 15.9 Å². The summed E-state index contributed by atoms with van der Waals surface area (Å²) < 4.78 is 38.1. The number of benzene rings is 1. The van der Waals surface area contributed by atoms with Crippen LogP contribution in [0.15, 0.2) is 18.2 Å². The SMILES string of the molecule is O=[N+]([O-])C(F)(F)c1ccc(O)cc1F. The molecule has 0 radical (unpaired) electrons. The third-order valence-electron chi connectivity index (χ3n) is 1.51. The molecule has 0 fully saturated rings. The summed E-state index contributed by atoms with van der Waals surface area (Å²) in [6.45, 7) is 0. The van der Waals surface area contributed by atoms with Gasteiger partial charge in [-0.1, -0.05) is 0 Å². The highest BCUT2D eigenvalue weighted by Crippen LogP contribution is 2.31. The molecule has 76 valence electrons. The Kier molecular flexibility index (Phi) is 2.33. The van der Waals surface area contributed by atoms with Crippen molar-refractivity contribution >= 4 is 0 Å². The Labute approximate surface area is 75.7 Å². The number of hydrogen-bond acceptors (Lipinski definition) is 3. The van der Waals surface area contributed by atoms with Crippen LogP contribution in [0.2, 0.25) is 0 Å². The van der Waals surface area contributed by atoms with Gasteiger partial charge in [-0.3, -0.25) is 10.1 Å². The molecule has 1 aromatic carbocycles. The molecule has 14 heavy (non-hydrogen) atoms. The van der Waals surface area contributed by atoms with Gasteiger partial charge in [0.1, 0.15) is 22.1 Å². The van der Waals surface area contributed by atoms with Crippen LogP contribution in [0.4, 0.5) is 13.2 Å². The minimum Gasteiger partial charge on any atom is -0.508 e. The van der Waals surface area contributed by atoms with Crippen molar-refractivity contribution in [2.45, 2.75) is 6.05 Å². The van der Waals surface area contributed by atoms with Crippen molar-refractivity contribution in [3.63, 3.8) is 0 Å². The average molecular weight is 207 g/mol. The van der Waals surface area contributed by atoms with Crippen LogP contribution >= 0.6 is 0 Å². The van der Waals surface area contributed by atoms with Gasteiger partial charge in [0.2, 0.25) is 0 Å². The molecular formula is C7H4F3NO3. The Bertz CT molecular complexity index is 380. The Morgan fingerprint density at radius 3 is 2.43 bits per heavy atom. The molecule has 0 amide bonds. The molecule has 0 atom stereocenters. The van der Waals surface area contributed by atoms with Gasteiger partial charge in [0.05, 0.1) is 0 Å². The molecule has 7 heteroatoms. The first-order valence-corrected chi connectivity index (χ1v) is 3.37. The van der Waals surface area contributed by atoms with Gasteiger partial charge in [0, 0.05) is 6.07 Å². The maximum Gasteiger partial charge on any atom is 0.542 e. The monoisotopic (exact) mass is 207 g/mol. The Hall–Kier alpha value is -1.79. The highest BCUT2D eigenvalue weighted by molar-refractivity contribution is 5.29. The first-order chi connectivity index (χ1) is 6.35. The molecule has 0 heterocycles. The standard InChI is InChI=1S/C7H4F3NO3/c8-6-3-4(12)1-2-5(6)7(9,10)11(13)14/h1-3,12H. The van der Waals surface area contributed by atoms with Gasteiger partial charge in [-0.15, -0.1) is 8.78 Å². The fraction of sp³-hybridized carbons (Fsp3) is 0.143. The van der Waals surface area contributed by atoms with Crippen LogP contribution in [0.3, 0.4) is 0 Å². The lowest BCUT2D eigenvalue weighted by Gasteiger charge is -2.07. The largest absolute Gasteiger partial charge is 0.542 e. The zero-order chi connectivity index (χ0) is 10.9. The average Bonchev–Trinajstić information content (AvgIpc) is 2.02. The number of rotatable bonds is 2. The molecule has 0 spiro atoms. The van der Waals surface area contributed by atoms with Crippen molar-refractivity contribution in [1.29, 1.82) is 0 Å². The Balaban J connectivity index is 3.26. The molecule has 0 aliphatic heterocycles. The molecule has 0 saturated heterocycles. The maximum atomic E-state index is 12.8. The van der Waals surface area contributed by atoms with Gasteiger partial charge in [-0.2, -0.15) is 0 Å². The summed E-state index contributed by atoms with van der Waals surface area (Å²) in [5.74, 6) is -2.10. The maximum absolute atomic E-state index is 12.8. The van der Waals surface area contributed by atoms with Crippen LogP contribution in [-0.2, 0) is 6.05 Å². The normalized spacial score (nSPS) is 11.4. The van der Waals surface area contributed by atoms with E-state index in [0.29, 0.717) is 12.1 Å². The minimum atomic E-state index is -4.49. The third-order valence-corrected chi connectivity index (χ3v) is 1.51. The van der Waals surface area contributed by atoms with Gasteiger partial charge < -0.3 is 5.11 Å². The summed E-state index contributed by atoms with van der Waals surface area (Å²) in [4.78, 5) is 7.98. The number of nitrogens with zero attached hydrogens (tertiary/aromatic N) is 1. The first kappa shape index (κ1) is 10.3. The molecule has 0 aliphatic rings. The quantitative estimate of drug-likeness (QED) is 0.457. The topological polar surface area (TPSA) is 63.4 Å². The molecule has 0 unspecified atom stereocenters. The lowest BCUT2D eigenvalue weighted by molar-refractivity contribution is -0.656. The number of nitro groups is 1. The van der Waals surface area contributed by atoms with Crippen LogP contribution in [0.1, 0.15) is 5.56 Å². The molecule has 0 bridgehead atoms. The molecule has 4 nitrogen and oxygen atoms in total. The van der Waals surface area contributed by atoms with Crippen molar-refractivity contribution in [2.24, 2.45) is 0 Å². The number of phenols is 1. The summed E-state index contributed by atoms with van der Waals surface area (Å²) in [5, 5.41) is 18.6. The van der Waals surface area contributed by atoms with Crippen molar-refractivity contribution in [3.8, 4) is 5.75 Å². The number of alkyl halides is 2. The van der Waals surface area contributed by atoms with Crippen LogP contribution < -0.4 is 0 Å². The molecular weight excluding hydrogens is 203 g/mol. The second-order valence-electron chi connectivity index (χ2n) is 2.46. The highest BCUT2D eigenvalue weighted by Gasteiger charge is 2.48. The first-order valence-electron chi connectivity index (χ1n) is 3.37. The highest BCUT2D eigenvalue weighted by atomic mass is 19.3. The van der Waals surface area contributed by atoms with Crippen LogP contribution in [-0.4, -0.2) is 10.0 Å². The number of aromatic hydroxyl groups is 1. The fourth-order valence-corrected chi connectivity index (χ4v) is 0.846. The second kappa shape index (κ2) is 3.17. The number of hydrogen-bond donors (Lipinski definition) is 1. The Morgan fingerprint density at radius 1 is 1.43 bits per heavy atom. The molecule has 1 rings (SSSR count). The summed E-state index contributed by atoms with van der Waals surface area (Å²) in [6, 6.07) is -2.90. The van der Waals surface area contributed by atoms with Gasteiger partial charge in [-0.05, 0) is 12.1 Å². The molecule has 0 aliphatic carbocycles. The smallest absolute Gasteiger partial charge is 0.508 e. The Morgan fingerprint density at radius 2 is 2.00 bits per heavy atom. The van der Waals surface area contributed by atoms with Gasteiger partial charge in [-0.25, -0.2) is 4.39 Å². The van der Waals surface area contributed by atoms with E-state index >= 15 is 0 Å². The van der Waals surface area contributed by atoms with Crippen molar-refractivity contribution in [3.05, 3.63) is 39.7 Å². The zero-order valence-corrected chi connectivity index (χ0v) is 6.58. The van der Waals surface area contributed by atoms with E-state index in [1.807, 2.05) is 0 Å². The summed E-state index contributed by atoms with van der Waals surface area (Å²) in [6.07, 6.45) is 0. The van der Waals surface area contributed by atoms with Crippen molar-refractivity contribution < 1.29 is 23.2 Å². The predicted molar refractivity (Wildman–Crippen MR) is 39.0 cm³/mol. The van der Waals surface area contributed by atoms with Gasteiger partial charge in [0.15, 0.2) is 0 Å². The number of phenolic OH excluding ortho intramolecular Hbond substituents is 1. The van der Waals surface area contributed by atoms with Gasteiger partial charge >= 0.3 is 6.05 Å². The summed E-state index contributed by atoms with van der Waals surface area (Å²) in [5.41, 5.74) is -1.37. The molecule has 0 saturated carbocycles. The molecule has 0 aromatic heterocycles. The lowest BCUT2D eigenvalue weighted by atomic mass is 10.1. The van der Waals surface area contributed by atoms with E-state index in [0.717, 1.165) is 6.07 Å². The minimum absolute atomic E-state index is 0.382. The molecule has 1 N–H and O–H groups in total. The van der Waals surface area contributed by atoms with Crippen LogP contribution in [0.25, 0.3) is 0 Å². The third kappa shape index (κ3) is 1.61. The van der Waals surface area contributed by atoms with E-state index < -0.39 is 28.1 Å². The zero-order valence-electron chi connectivity index (χ0n) is 6.58. The fourth-order valence-electron chi connectivity index (χ4n) is 0.846. The summed E-state index contributed by atoms with van der Waals surface area (Å²) in [7, 11) is 0. The van der Waals surface area contributed by atoms with E-state index in [-0.39, 0.29) is 0 Å². The van der Waals surface area contributed by atoms with Crippen molar-refractivity contribution in [1.82, 2.24) is 0 Å². The van der Waals surface area contributed by atoms with E-state index in [1.54, 1.807) is 0 Å². The van der Waals surface area contributed by atoms with E-state index in [4.69, 9.17) is 5.11 Å². The van der Waals surface area contributed by atoms with E-state index in [2.05, 4.69) is 0 Å². The second-order valence-corrected chi connectivity index (χ2v) is 2.46. The molecule has 1 aromatic rings. The van der Waals surface area contributed by atoms with E-state index in [9.17, 15) is 23.3 Å². The summed E-state index contributed by atoms with van der Waals surface area (Å²) >= 11 is 0. The number of halogens is 3. The van der Waals surface area contributed by atoms with E-state index in [1.165, 1.54) is 0 Å².